The third-order valence-corrected chi connectivity index (χ3v) is 2.87. The number of pyridine rings is 1. The molecule has 0 fully saturated rings. The maximum absolute atomic E-state index is 8.99. The summed E-state index contributed by atoms with van der Waals surface area (Å²) < 4.78 is 0. The molecule has 3 nitrogen and oxygen atoms in total. The number of rotatable bonds is 4. The van der Waals surface area contributed by atoms with Crippen molar-refractivity contribution in [1.29, 1.82) is 5.26 Å². The minimum Gasteiger partial charge on any atom is -0.365 e. The van der Waals surface area contributed by atoms with Crippen LogP contribution in [0.2, 0.25) is 0 Å². The normalized spacial score (nSPS) is 9.78. The van der Waals surface area contributed by atoms with E-state index in [1.807, 2.05) is 12.1 Å². The molecule has 0 saturated carbocycles. The number of aryl methyl sites for hydroxylation is 1. The summed E-state index contributed by atoms with van der Waals surface area (Å²) in [6, 6.07) is 14.0. The first-order valence-corrected chi connectivity index (χ1v) is 6.01. The van der Waals surface area contributed by atoms with Gasteiger partial charge in [-0.05, 0) is 29.7 Å². The molecule has 1 N–H and O–H groups in total. The quantitative estimate of drug-likeness (QED) is 0.888. The summed E-state index contributed by atoms with van der Waals surface area (Å²) in [5, 5.41) is 12.2. The summed E-state index contributed by atoms with van der Waals surface area (Å²) in [6.45, 7) is 2.83. The second-order valence-electron chi connectivity index (χ2n) is 3.99. The number of nitrogens with zero attached hydrogens (tertiary/aromatic N) is 2. The highest BCUT2D eigenvalue weighted by Crippen LogP contribution is 2.14. The van der Waals surface area contributed by atoms with E-state index in [4.69, 9.17) is 5.26 Å². The predicted octanol–water partition coefficient (Wildman–Crippen LogP) is 3.13. The van der Waals surface area contributed by atoms with Crippen LogP contribution in [-0.4, -0.2) is 4.98 Å². The van der Waals surface area contributed by atoms with Crippen molar-refractivity contribution in [1.82, 2.24) is 4.98 Å². The van der Waals surface area contributed by atoms with Crippen LogP contribution >= 0.6 is 0 Å². The molecule has 1 aromatic carbocycles. The second-order valence-corrected chi connectivity index (χ2v) is 3.99. The van der Waals surface area contributed by atoms with Crippen LogP contribution in [0.3, 0.4) is 0 Å². The number of anilines is 1. The first-order chi connectivity index (χ1) is 8.85. The molecule has 0 aliphatic carbocycles. The molecule has 2 aromatic rings. The monoisotopic (exact) mass is 237 g/mol. The van der Waals surface area contributed by atoms with Gasteiger partial charge in [0.1, 0.15) is 11.9 Å². The third-order valence-electron chi connectivity index (χ3n) is 2.87. The van der Waals surface area contributed by atoms with Gasteiger partial charge >= 0.3 is 0 Å². The summed E-state index contributed by atoms with van der Waals surface area (Å²) in [6.07, 6.45) is 2.69. The molecule has 0 amide bonds. The molecule has 18 heavy (non-hydrogen) atoms. The molecule has 0 aliphatic heterocycles. The smallest absolute Gasteiger partial charge is 0.144 e. The van der Waals surface area contributed by atoms with Gasteiger partial charge in [-0.1, -0.05) is 31.2 Å². The van der Waals surface area contributed by atoms with E-state index in [2.05, 4.69) is 35.4 Å². The summed E-state index contributed by atoms with van der Waals surface area (Å²) in [7, 11) is 0. The Labute approximate surface area is 107 Å². The molecule has 0 saturated heterocycles. The Morgan fingerprint density at radius 2 is 1.94 bits per heavy atom. The van der Waals surface area contributed by atoms with E-state index in [0.717, 1.165) is 6.42 Å². The number of nitrogens with one attached hydrogen (secondary N) is 1. The van der Waals surface area contributed by atoms with Crippen molar-refractivity contribution in [3.05, 3.63) is 59.3 Å². The molecule has 1 heterocycles. The van der Waals surface area contributed by atoms with Gasteiger partial charge in [-0.2, -0.15) is 5.26 Å². The molecule has 2 rings (SSSR count). The number of benzene rings is 1. The van der Waals surface area contributed by atoms with Crippen molar-refractivity contribution >= 4 is 5.82 Å². The van der Waals surface area contributed by atoms with Crippen molar-refractivity contribution < 1.29 is 0 Å². The molecular formula is C15H15N3. The molecule has 0 bridgehead atoms. The van der Waals surface area contributed by atoms with Gasteiger partial charge in [-0.3, -0.25) is 0 Å². The summed E-state index contributed by atoms with van der Waals surface area (Å²) in [5.41, 5.74) is 3.14. The van der Waals surface area contributed by atoms with Gasteiger partial charge in [0.15, 0.2) is 0 Å². The number of nitriles is 1. The maximum atomic E-state index is 8.99. The van der Waals surface area contributed by atoms with Crippen LogP contribution in [0.5, 0.6) is 0 Å². The molecule has 0 radical (unpaired) electrons. The van der Waals surface area contributed by atoms with E-state index in [-0.39, 0.29) is 0 Å². The van der Waals surface area contributed by atoms with Crippen molar-refractivity contribution in [2.75, 3.05) is 5.32 Å². The Balaban J connectivity index is 2.14. The fraction of sp³-hybridized carbons (Fsp3) is 0.200. The van der Waals surface area contributed by atoms with Gasteiger partial charge in [-0.25, -0.2) is 4.98 Å². The SMILES string of the molecule is CCc1ccccc1CNc1ncccc1C#N. The maximum Gasteiger partial charge on any atom is 0.144 e. The van der Waals surface area contributed by atoms with E-state index in [1.54, 1.807) is 18.3 Å². The van der Waals surface area contributed by atoms with Crippen LogP contribution in [0.25, 0.3) is 0 Å². The van der Waals surface area contributed by atoms with Crippen molar-refractivity contribution in [2.45, 2.75) is 19.9 Å². The first-order valence-electron chi connectivity index (χ1n) is 6.01. The average Bonchev–Trinajstić information content (AvgIpc) is 2.45. The van der Waals surface area contributed by atoms with Crippen molar-refractivity contribution in [3.8, 4) is 6.07 Å². The Kier molecular flexibility index (Phi) is 3.93. The highest BCUT2D eigenvalue weighted by molar-refractivity contribution is 5.51. The molecule has 0 aliphatic rings. The Hall–Kier alpha value is -2.34. The van der Waals surface area contributed by atoms with E-state index in [1.165, 1.54) is 11.1 Å². The molecular weight excluding hydrogens is 222 g/mol. The van der Waals surface area contributed by atoms with E-state index in [9.17, 15) is 0 Å². The lowest BCUT2D eigenvalue weighted by Crippen LogP contribution is -2.05. The highest BCUT2D eigenvalue weighted by atomic mass is 15.0. The number of hydrogen-bond donors (Lipinski definition) is 1. The van der Waals surface area contributed by atoms with Crippen LogP contribution < -0.4 is 5.32 Å². The fourth-order valence-electron chi connectivity index (χ4n) is 1.89. The van der Waals surface area contributed by atoms with Crippen LogP contribution in [0.15, 0.2) is 42.6 Å². The van der Waals surface area contributed by atoms with Gasteiger partial charge in [-0.15, -0.1) is 0 Å². The second kappa shape index (κ2) is 5.83. The Bertz CT molecular complexity index is 570. The van der Waals surface area contributed by atoms with Crippen LogP contribution in [0.4, 0.5) is 5.82 Å². The lowest BCUT2D eigenvalue weighted by molar-refractivity contribution is 1.03. The zero-order valence-electron chi connectivity index (χ0n) is 10.4. The summed E-state index contributed by atoms with van der Waals surface area (Å²) in [5.74, 6) is 0.644. The van der Waals surface area contributed by atoms with Crippen LogP contribution in [0, 0.1) is 11.3 Å². The molecule has 1 aromatic heterocycles. The molecule has 0 spiro atoms. The van der Waals surface area contributed by atoms with Gasteiger partial charge in [0, 0.05) is 12.7 Å². The predicted molar refractivity (Wildman–Crippen MR) is 72.1 cm³/mol. The molecule has 3 heteroatoms. The Morgan fingerprint density at radius 1 is 1.17 bits per heavy atom. The zero-order chi connectivity index (χ0) is 12.8. The molecule has 0 atom stereocenters. The summed E-state index contributed by atoms with van der Waals surface area (Å²) in [4.78, 5) is 4.19. The lowest BCUT2D eigenvalue weighted by atomic mass is 10.1. The van der Waals surface area contributed by atoms with Gasteiger partial charge in [0.2, 0.25) is 0 Å². The van der Waals surface area contributed by atoms with Gasteiger partial charge in [0.05, 0.1) is 5.56 Å². The van der Waals surface area contributed by atoms with Crippen molar-refractivity contribution in [3.63, 3.8) is 0 Å². The van der Waals surface area contributed by atoms with Crippen LogP contribution in [-0.2, 0) is 13.0 Å². The Morgan fingerprint density at radius 3 is 2.67 bits per heavy atom. The minimum atomic E-state index is 0.575. The standard InChI is InChI=1S/C15H15N3/c1-2-12-6-3-4-7-14(12)11-18-15-13(10-16)8-5-9-17-15/h3-9H,2,11H2,1H3,(H,17,18). The largest absolute Gasteiger partial charge is 0.365 e. The highest BCUT2D eigenvalue weighted by Gasteiger charge is 2.03. The van der Waals surface area contributed by atoms with Gasteiger partial charge in [0.25, 0.3) is 0 Å². The van der Waals surface area contributed by atoms with E-state index >= 15 is 0 Å². The van der Waals surface area contributed by atoms with E-state index < -0.39 is 0 Å². The fourth-order valence-corrected chi connectivity index (χ4v) is 1.89. The van der Waals surface area contributed by atoms with Crippen molar-refractivity contribution in [2.24, 2.45) is 0 Å². The zero-order valence-corrected chi connectivity index (χ0v) is 10.4. The minimum absolute atomic E-state index is 0.575. The number of hydrogen-bond acceptors (Lipinski definition) is 3. The molecule has 90 valence electrons. The average molecular weight is 237 g/mol. The molecule has 0 unspecified atom stereocenters. The summed E-state index contributed by atoms with van der Waals surface area (Å²) >= 11 is 0. The first kappa shape index (κ1) is 12.1. The lowest BCUT2D eigenvalue weighted by Gasteiger charge is -2.10. The number of aromatic nitrogens is 1. The topological polar surface area (TPSA) is 48.7 Å². The third kappa shape index (κ3) is 2.67. The van der Waals surface area contributed by atoms with Crippen LogP contribution in [0.1, 0.15) is 23.6 Å². The van der Waals surface area contributed by atoms with E-state index in [0.29, 0.717) is 17.9 Å². The van der Waals surface area contributed by atoms with Gasteiger partial charge < -0.3 is 5.32 Å².